The van der Waals surface area contributed by atoms with E-state index in [2.05, 4.69) is 15.4 Å². The van der Waals surface area contributed by atoms with Gasteiger partial charge in [0.2, 0.25) is 0 Å². The van der Waals surface area contributed by atoms with Gasteiger partial charge in [-0.2, -0.15) is 0 Å². The van der Waals surface area contributed by atoms with Gasteiger partial charge in [-0.15, -0.1) is 0 Å². The summed E-state index contributed by atoms with van der Waals surface area (Å²) in [7, 11) is 0. The Morgan fingerprint density at radius 3 is 2.79 bits per heavy atom. The van der Waals surface area contributed by atoms with E-state index in [-0.39, 0.29) is 0 Å². The zero-order valence-corrected chi connectivity index (χ0v) is 8.24. The van der Waals surface area contributed by atoms with Crippen LogP contribution in [0.15, 0.2) is 18.3 Å². The number of hydrogen-bond donors (Lipinski definition) is 2. The number of aromatic nitrogens is 1. The Hall–Kier alpha value is -1.29. The monoisotopic (exact) mass is 192 g/mol. The number of anilines is 2. The number of pyridine rings is 1. The van der Waals surface area contributed by atoms with Gasteiger partial charge in [0.25, 0.3) is 0 Å². The molecule has 4 heteroatoms. The van der Waals surface area contributed by atoms with Crippen LogP contribution in [-0.4, -0.2) is 23.1 Å². The Morgan fingerprint density at radius 2 is 2.07 bits per heavy atom. The van der Waals surface area contributed by atoms with Crippen LogP contribution in [0, 0.1) is 0 Å². The van der Waals surface area contributed by atoms with Crippen molar-refractivity contribution in [1.29, 1.82) is 0 Å². The Labute approximate surface area is 84.1 Å². The van der Waals surface area contributed by atoms with E-state index in [4.69, 9.17) is 5.73 Å². The zero-order valence-electron chi connectivity index (χ0n) is 8.24. The summed E-state index contributed by atoms with van der Waals surface area (Å²) in [5, 5.41) is 2.20. The van der Waals surface area contributed by atoms with Crippen molar-refractivity contribution in [3.8, 4) is 0 Å². The Bertz CT molecular complexity index is 294. The molecule has 1 fully saturated rings. The van der Waals surface area contributed by atoms with Gasteiger partial charge >= 0.3 is 0 Å². The molecule has 1 saturated heterocycles. The largest absolute Gasteiger partial charge is 0.399 e. The number of nitrogens with one attached hydrogen (secondary N) is 1. The molecule has 0 saturated carbocycles. The molecule has 0 atom stereocenters. The number of nitrogens with two attached hydrogens (primary N) is 1. The van der Waals surface area contributed by atoms with Crippen molar-refractivity contribution in [2.45, 2.75) is 19.3 Å². The maximum atomic E-state index is 5.67. The molecule has 0 radical (unpaired) electrons. The van der Waals surface area contributed by atoms with E-state index >= 15 is 0 Å². The van der Waals surface area contributed by atoms with Crippen molar-refractivity contribution in [1.82, 2.24) is 9.99 Å². The highest BCUT2D eigenvalue weighted by Crippen LogP contribution is 2.12. The quantitative estimate of drug-likeness (QED) is 0.745. The molecule has 0 spiro atoms. The molecule has 3 N–H and O–H groups in total. The summed E-state index contributed by atoms with van der Waals surface area (Å²) in [6.07, 6.45) is 5.58. The average Bonchev–Trinajstić information content (AvgIpc) is 2.19. The first kappa shape index (κ1) is 9.27. The predicted octanol–water partition coefficient (Wildman–Crippen LogP) is 1.48. The second kappa shape index (κ2) is 4.28. The number of nitrogens with zero attached hydrogens (tertiary/aromatic N) is 2. The van der Waals surface area contributed by atoms with Gasteiger partial charge in [0.05, 0.1) is 0 Å². The third-order valence-corrected chi connectivity index (χ3v) is 2.41. The Morgan fingerprint density at radius 1 is 1.29 bits per heavy atom. The molecule has 0 aliphatic carbocycles. The van der Waals surface area contributed by atoms with Crippen LogP contribution in [0.5, 0.6) is 0 Å². The summed E-state index contributed by atoms with van der Waals surface area (Å²) in [6, 6.07) is 3.65. The first-order chi connectivity index (χ1) is 6.84. The SMILES string of the molecule is Nc1ccnc(NN2CCCCC2)c1. The Balaban J connectivity index is 1.95. The van der Waals surface area contributed by atoms with Crippen molar-refractivity contribution in [2.24, 2.45) is 0 Å². The molecule has 1 aliphatic heterocycles. The minimum absolute atomic E-state index is 0.750. The molecule has 2 heterocycles. The molecule has 0 unspecified atom stereocenters. The summed E-state index contributed by atoms with van der Waals surface area (Å²) in [4.78, 5) is 4.20. The van der Waals surface area contributed by atoms with E-state index in [1.807, 2.05) is 6.07 Å². The lowest BCUT2D eigenvalue weighted by Crippen LogP contribution is -2.35. The van der Waals surface area contributed by atoms with Gasteiger partial charge in [-0.25, -0.2) is 9.99 Å². The van der Waals surface area contributed by atoms with Crippen LogP contribution in [0.1, 0.15) is 19.3 Å². The van der Waals surface area contributed by atoms with Crippen LogP contribution in [0.2, 0.25) is 0 Å². The summed E-state index contributed by atoms with van der Waals surface area (Å²) in [6.45, 7) is 2.19. The molecule has 4 nitrogen and oxygen atoms in total. The van der Waals surface area contributed by atoms with E-state index < -0.39 is 0 Å². The molecule has 76 valence electrons. The molecule has 14 heavy (non-hydrogen) atoms. The van der Waals surface area contributed by atoms with E-state index in [9.17, 15) is 0 Å². The standard InChI is InChI=1S/C10H16N4/c11-9-4-5-12-10(8-9)13-14-6-2-1-3-7-14/h4-5,8H,1-3,6-7H2,(H3,11,12,13). The van der Waals surface area contributed by atoms with Gasteiger partial charge in [-0.1, -0.05) is 6.42 Å². The van der Waals surface area contributed by atoms with Crippen molar-refractivity contribution in [3.05, 3.63) is 18.3 Å². The summed E-state index contributed by atoms with van der Waals surface area (Å²) >= 11 is 0. The maximum absolute atomic E-state index is 5.67. The lowest BCUT2D eigenvalue weighted by molar-refractivity contribution is 0.272. The fourth-order valence-electron chi connectivity index (χ4n) is 1.68. The lowest BCUT2D eigenvalue weighted by Gasteiger charge is -2.27. The van der Waals surface area contributed by atoms with Crippen molar-refractivity contribution in [2.75, 3.05) is 24.2 Å². The molecule has 0 bridgehead atoms. The number of piperidine rings is 1. The molecule has 1 aliphatic rings. The molecular weight excluding hydrogens is 176 g/mol. The van der Waals surface area contributed by atoms with Crippen molar-refractivity contribution in [3.63, 3.8) is 0 Å². The molecule has 2 rings (SSSR count). The molecular formula is C10H16N4. The lowest BCUT2D eigenvalue weighted by atomic mass is 10.2. The third-order valence-electron chi connectivity index (χ3n) is 2.41. The topological polar surface area (TPSA) is 54.2 Å². The highest BCUT2D eigenvalue weighted by Gasteiger charge is 2.09. The van der Waals surface area contributed by atoms with Crippen LogP contribution >= 0.6 is 0 Å². The predicted molar refractivity (Wildman–Crippen MR) is 57.7 cm³/mol. The summed E-state index contributed by atoms with van der Waals surface area (Å²) in [5.74, 6) is 0.840. The first-order valence-corrected chi connectivity index (χ1v) is 5.08. The molecule has 1 aromatic rings. The van der Waals surface area contributed by atoms with E-state index in [1.54, 1.807) is 12.3 Å². The van der Waals surface area contributed by atoms with Gasteiger partial charge in [0.1, 0.15) is 5.82 Å². The Kier molecular flexibility index (Phi) is 2.84. The second-order valence-electron chi connectivity index (χ2n) is 3.63. The number of hydrogen-bond acceptors (Lipinski definition) is 4. The van der Waals surface area contributed by atoms with Crippen LogP contribution in [-0.2, 0) is 0 Å². The zero-order chi connectivity index (χ0) is 9.80. The van der Waals surface area contributed by atoms with Gasteiger partial charge in [0, 0.05) is 31.0 Å². The van der Waals surface area contributed by atoms with Crippen LogP contribution in [0.3, 0.4) is 0 Å². The van der Waals surface area contributed by atoms with E-state index in [0.717, 1.165) is 24.6 Å². The first-order valence-electron chi connectivity index (χ1n) is 5.08. The molecule has 1 aromatic heterocycles. The van der Waals surface area contributed by atoms with Gasteiger partial charge in [-0.3, -0.25) is 0 Å². The average molecular weight is 192 g/mol. The van der Waals surface area contributed by atoms with Gasteiger partial charge < -0.3 is 11.2 Å². The van der Waals surface area contributed by atoms with E-state index in [0.29, 0.717) is 0 Å². The normalized spacial score (nSPS) is 18.0. The van der Waals surface area contributed by atoms with Crippen molar-refractivity contribution < 1.29 is 0 Å². The van der Waals surface area contributed by atoms with Crippen LogP contribution in [0.25, 0.3) is 0 Å². The van der Waals surface area contributed by atoms with Crippen LogP contribution in [0.4, 0.5) is 11.5 Å². The maximum Gasteiger partial charge on any atom is 0.142 e. The third kappa shape index (κ3) is 2.35. The van der Waals surface area contributed by atoms with E-state index in [1.165, 1.54) is 19.3 Å². The smallest absolute Gasteiger partial charge is 0.142 e. The number of nitrogen functional groups attached to an aromatic ring is 1. The minimum atomic E-state index is 0.750. The fourth-order valence-corrected chi connectivity index (χ4v) is 1.68. The highest BCUT2D eigenvalue weighted by atomic mass is 15.5. The van der Waals surface area contributed by atoms with Gasteiger partial charge in [-0.05, 0) is 18.9 Å². The van der Waals surface area contributed by atoms with Crippen LogP contribution < -0.4 is 11.2 Å². The number of rotatable bonds is 2. The second-order valence-corrected chi connectivity index (χ2v) is 3.63. The van der Waals surface area contributed by atoms with Gasteiger partial charge in [0.15, 0.2) is 0 Å². The highest BCUT2D eigenvalue weighted by molar-refractivity contribution is 5.47. The fraction of sp³-hybridized carbons (Fsp3) is 0.500. The summed E-state index contributed by atoms with van der Waals surface area (Å²) < 4.78 is 0. The minimum Gasteiger partial charge on any atom is -0.399 e. The summed E-state index contributed by atoms with van der Waals surface area (Å²) in [5.41, 5.74) is 9.68. The van der Waals surface area contributed by atoms with Crippen molar-refractivity contribution >= 4 is 11.5 Å². The molecule has 0 amide bonds. The molecule has 0 aromatic carbocycles. The number of hydrazine groups is 1.